The van der Waals surface area contributed by atoms with Crippen molar-refractivity contribution in [3.05, 3.63) is 13.5 Å². The lowest BCUT2D eigenvalue weighted by molar-refractivity contribution is -0.0416. The summed E-state index contributed by atoms with van der Waals surface area (Å²) >= 11 is 0. The molecule has 0 spiro atoms. The number of ether oxygens (including phenoxy) is 3. The highest BCUT2D eigenvalue weighted by molar-refractivity contribution is 4.86. The Morgan fingerprint density at radius 1 is 1.09 bits per heavy atom. The van der Waals surface area contributed by atoms with E-state index in [0.29, 0.717) is 38.3 Å². The van der Waals surface area contributed by atoms with Crippen molar-refractivity contribution in [3.63, 3.8) is 0 Å². The van der Waals surface area contributed by atoms with Crippen LogP contribution in [0, 0.1) is 37.2 Å². The monoisotopic (exact) mass is 314 g/mol. The zero-order chi connectivity index (χ0) is 16.4. The predicted molar refractivity (Wildman–Crippen MR) is 87.8 cm³/mol. The molecule has 0 aliphatic heterocycles. The molecular formula is C18H34O4. The maximum absolute atomic E-state index is 8.45. The van der Waals surface area contributed by atoms with E-state index in [2.05, 4.69) is 27.7 Å². The first-order valence-electron chi connectivity index (χ1n) is 8.62. The van der Waals surface area contributed by atoms with Gasteiger partial charge in [0, 0.05) is 0 Å². The third-order valence-electron chi connectivity index (χ3n) is 4.68. The highest BCUT2D eigenvalue weighted by atomic mass is 16.5. The summed E-state index contributed by atoms with van der Waals surface area (Å²) in [4.78, 5) is 0. The highest BCUT2D eigenvalue weighted by Gasteiger charge is 2.34. The van der Waals surface area contributed by atoms with Gasteiger partial charge in [-0.2, -0.15) is 0 Å². The van der Waals surface area contributed by atoms with Crippen LogP contribution < -0.4 is 0 Å². The summed E-state index contributed by atoms with van der Waals surface area (Å²) < 4.78 is 16.4. The lowest BCUT2D eigenvalue weighted by Crippen LogP contribution is -2.36. The first-order valence-corrected chi connectivity index (χ1v) is 8.62. The summed E-state index contributed by atoms with van der Waals surface area (Å²) in [7, 11) is 0. The summed E-state index contributed by atoms with van der Waals surface area (Å²) in [5.74, 6) is 2.77. The number of hydrogen-bond acceptors (Lipinski definition) is 4. The van der Waals surface area contributed by atoms with Gasteiger partial charge in [-0.3, -0.25) is 0 Å². The van der Waals surface area contributed by atoms with Crippen molar-refractivity contribution in [2.24, 2.45) is 23.7 Å². The van der Waals surface area contributed by atoms with E-state index in [1.165, 1.54) is 19.3 Å². The lowest BCUT2D eigenvalue weighted by atomic mass is 9.68. The van der Waals surface area contributed by atoms with Crippen molar-refractivity contribution < 1.29 is 19.3 Å². The Bertz CT molecular complexity index is 270. The summed E-state index contributed by atoms with van der Waals surface area (Å²) in [5, 5.41) is 8.45. The maximum atomic E-state index is 8.45. The van der Waals surface area contributed by atoms with Gasteiger partial charge in [0.25, 0.3) is 0 Å². The second-order valence-electron chi connectivity index (χ2n) is 6.77. The fourth-order valence-electron chi connectivity index (χ4n) is 3.44. The molecule has 0 amide bonds. The smallest absolute Gasteiger partial charge is 0.105 e. The van der Waals surface area contributed by atoms with Gasteiger partial charge in [0.1, 0.15) is 6.61 Å². The van der Waals surface area contributed by atoms with Gasteiger partial charge >= 0.3 is 0 Å². The van der Waals surface area contributed by atoms with Crippen LogP contribution in [0.2, 0.25) is 0 Å². The Hall–Kier alpha value is -0.160. The van der Waals surface area contributed by atoms with Crippen molar-refractivity contribution in [1.82, 2.24) is 0 Å². The van der Waals surface area contributed by atoms with Crippen molar-refractivity contribution >= 4 is 0 Å². The van der Waals surface area contributed by atoms with Gasteiger partial charge in [0.2, 0.25) is 0 Å². The van der Waals surface area contributed by atoms with Crippen LogP contribution in [-0.2, 0) is 14.2 Å². The van der Waals surface area contributed by atoms with E-state index in [-0.39, 0.29) is 12.7 Å². The average Bonchev–Trinajstić information content (AvgIpc) is 2.49. The number of hydrogen-bond donors (Lipinski definition) is 1. The summed E-state index contributed by atoms with van der Waals surface area (Å²) in [6.45, 7) is 14.6. The average molecular weight is 314 g/mol. The van der Waals surface area contributed by atoms with Crippen molar-refractivity contribution in [1.29, 1.82) is 0 Å². The van der Waals surface area contributed by atoms with E-state index in [9.17, 15) is 0 Å². The third kappa shape index (κ3) is 7.40. The molecule has 0 aromatic rings. The highest BCUT2D eigenvalue weighted by Crippen LogP contribution is 2.40. The molecule has 22 heavy (non-hydrogen) atoms. The van der Waals surface area contributed by atoms with Crippen LogP contribution in [0.1, 0.15) is 40.0 Å². The van der Waals surface area contributed by atoms with Crippen LogP contribution in [0.3, 0.4) is 0 Å². The number of rotatable bonds is 11. The van der Waals surface area contributed by atoms with Crippen LogP contribution in [0.25, 0.3) is 0 Å². The Morgan fingerprint density at radius 2 is 1.77 bits per heavy atom. The standard InChI is InChI=1S/C18H34O4/c1-14(2)17-6-5-15(3)13-18(17)16(4)22-12-11-21-10-9-20-8-7-19/h7,14-19H,4-6,8-13H2,1-3H3/t15-,16+,17?,18?/m1/s1. The van der Waals surface area contributed by atoms with Gasteiger partial charge < -0.3 is 19.3 Å². The minimum absolute atomic E-state index is 0.0546. The van der Waals surface area contributed by atoms with Crippen LogP contribution in [0.5, 0.6) is 0 Å². The molecule has 4 atom stereocenters. The maximum Gasteiger partial charge on any atom is 0.105 e. The largest absolute Gasteiger partial charge is 0.388 e. The second kappa shape index (κ2) is 11.4. The quantitative estimate of drug-likeness (QED) is 0.593. The van der Waals surface area contributed by atoms with Gasteiger partial charge in [-0.25, -0.2) is 0 Å². The zero-order valence-electron chi connectivity index (χ0n) is 14.5. The van der Waals surface area contributed by atoms with E-state index in [1.807, 2.05) is 0 Å². The summed E-state index contributed by atoms with van der Waals surface area (Å²) in [6.07, 6.45) is 3.91. The van der Waals surface area contributed by atoms with E-state index >= 15 is 0 Å². The molecule has 0 bridgehead atoms. The summed E-state index contributed by atoms with van der Waals surface area (Å²) in [6, 6.07) is 0. The van der Waals surface area contributed by atoms with Crippen molar-refractivity contribution in [2.45, 2.75) is 46.1 Å². The minimum atomic E-state index is 0.0546. The van der Waals surface area contributed by atoms with Gasteiger partial charge in [-0.1, -0.05) is 27.2 Å². The molecule has 2 radical (unpaired) electrons. The molecule has 0 heterocycles. The number of aliphatic hydroxyl groups excluding tert-OH is 1. The molecule has 0 aromatic carbocycles. The Labute approximate surface area is 136 Å². The zero-order valence-corrected chi connectivity index (χ0v) is 14.5. The van der Waals surface area contributed by atoms with Gasteiger partial charge in [-0.05, 0) is 43.4 Å². The third-order valence-corrected chi connectivity index (χ3v) is 4.68. The fourth-order valence-corrected chi connectivity index (χ4v) is 3.44. The van der Waals surface area contributed by atoms with Crippen molar-refractivity contribution in [3.8, 4) is 0 Å². The van der Waals surface area contributed by atoms with Crippen molar-refractivity contribution in [2.75, 3.05) is 33.0 Å². The lowest BCUT2D eigenvalue weighted by Gasteiger charge is -2.40. The van der Waals surface area contributed by atoms with Crippen LogP contribution in [0.15, 0.2) is 0 Å². The Kier molecular flexibility index (Phi) is 10.3. The molecule has 0 aromatic heterocycles. The van der Waals surface area contributed by atoms with E-state index in [0.717, 1.165) is 18.4 Å². The molecule has 1 saturated carbocycles. The Morgan fingerprint density at radius 3 is 2.45 bits per heavy atom. The fraction of sp³-hybridized carbons (Fsp3) is 0.889. The van der Waals surface area contributed by atoms with Gasteiger partial charge in [0.05, 0.1) is 39.1 Å². The molecule has 2 unspecified atom stereocenters. The van der Waals surface area contributed by atoms with Crippen LogP contribution in [-0.4, -0.2) is 44.2 Å². The molecule has 4 nitrogen and oxygen atoms in total. The van der Waals surface area contributed by atoms with E-state index < -0.39 is 0 Å². The second-order valence-corrected chi connectivity index (χ2v) is 6.77. The first-order chi connectivity index (χ1) is 10.6. The minimum Gasteiger partial charge on any atom is -0.388 e. The number of aliphatic hydroxyl groups is 1. The molecule has 1 fully saturated rings. The molecule has 1 N–H and O–H groups in total. The van der Waals surface area contributed by atoms with E-state index in [4.69, 9.17) is 19.3 Å². The van der Waals surface area contributed by atoms with E-state index in [1.54, 1.807) is 0 Å². The molecule has 130 valence electrons. The predicted octanol–water partition coefficient (Wildman–Crippen LogP) is 3.48. The molecular weight excluding hydrogens is 280 g/mol. The Balaban J connectivity index is 2.18. The van der Waals surface area contributed by atoms with Crippen LogP contribution >= 0.6 is 0 Å². The normalized spacial score (nSPS) is 27.3. The van der Waals surface area contributed by atoms with Gasteiger partial charge in [-0.15, -0.1) is 0 Å². The molecule has 1 rings (SSSR count). The first kappa shape index (κ1) is 19.9. The SMILES string of the molecule is [CH2][C@H](OCCOCCOC[CH]O)C1C[C@H](C)CCC1C(C)C. The molecule has 1 aliphatic carbocycles. The molecule has 1 aliphatic rings. The van der Waals surface area contributed by atoms with Crippen LogP contribution in [0.4, 0.5) is 0 Å². The molecule has 0 saturated heterocycles. The molecule has 4 heteroatoms. The topological polar surface area (TPSA) is 47.9 Å². The summed E-state index contributed by atoms with van der Waals surface area (Å²) in [5.41, 5.74) is 0. The van der Waals surface area contributed by atoms with Gasteiger partial charge in [0.15, 0.2) is 0 Å².